The molecule has 1 aliphatic rings. The fraction of sp³-hybridized carbons (Fsp3) is 0.533. The first-order valence-electron chi connectivity index (χ1n) is 7.40. The lowest BCUT2D eigenvalue weighted by Crippen LogP contribution is -2.52. The third kappa shape index (κ3) is 3.47. The summed E-state index contributed by atoms with van der Waals surface area (Å²) in [5.41, 5.74) is 0.951. The van der Waals surface area contributed by atoms with Gasteiger partial charge in [-0.05, 0) is 5.56 Å². The molecule has 1 fully saturated rings. The highest BCUT2D eigenvalue weighted by atomic mass is 32.2. The standard InChI is InChI=1S/C15H22N4O2S/c1-3-17(2)22(20,21)19-11-9-18(10-12-19)15(13-16)14-7-5-4-6-8-14/h4-8,15H,3,9-12H2,1-2H3/t15-/m0/s1. The summed E-state index contributed by atoms with van der Waals surface area (Å²) in [4.78, 5) is 2.04. The summed E-state index contributed by atoms with van der Waals surface area (Å²) in [6.45, 7) is 4.21. The molecule has 0 spiro atoms. The van der Waals surface area contributed by atoms with Gasteiger partial charge in [-0.3, -0.25) is 4.90 Å². The van der Waals surface area contributed by atoms with E-state index in [1.54, 1.807) is 7.05 Å². The highest BCUT2D eigenvalue weighted by molar-refractivity contribution is 7.86. The lowest BCUT2D eigenvalue weighted by Gasteiger charge is -2.37. The first kappa shape index (κ1) is 16.9. The van der Waals surface area contributed by atoms with Crippen molar-refractivity contribution in [3.8, 4) is 6.07 Å². The fourth-order valence-corrected chi connectivity index (χ4v) is 3.90. The summed E-state index contributed by atoms with van der Waals surface area (Å²) < 4.78 is 27.4. The van der Waals surface area contributed by atoms with Gasteiger partial charge in [0, 0.05) is 39.8 Å². The maximum Gasteiger partial charge on any atom is 0.281 e. The molecule has 1 aliphatic heterocycles. The predicted octanol–water partition coefficient (Wildman–Crippen LogP) is 1.07. The van der Waals surface area contributed by atoms with E-state index in [0.29, 0.717) is 32.7 Å². The van der Waals surface area contributed by atoms with Crippen LogP contribution in [-0.4, -0.2) is 61.7 Å². The Kier molecular flexibility index (Phi) is 5.53. The molecule has 0 unspecified atom stereocenters. The molecule has 22 heavy (non-hydrogen) atoms. The number of hydrogen-bond acceptors (Lipinski definition) is 4. The average molecular weight is 322 g/mol. The molecule has 1 heterocycles. The molecule has 1 aromatic carbocycles. The molecule has 0 bridgehead atoms. The number of benzene rings is 1. The molecule has 1 saturated heterocycles. The van der Waals surface area contributed by atoms with Crippen molar-refractivity contribution < 1.29 is 8.42 Å². The summed E-state index contributed by atoms with van der Waals surface area (Å²) in [6.07, 6.45) is 0. The molecular formula is C15H22N4O2S. The van der Waals surface area contributed by atoms with E-state index in [0.717, 1.165) is 5.56 Å². The zero-order valence-corrected chi connectivity index (χ0v) is 13.8. The molecule has 0 N–H and O–H groups in total. The van der Waals surface area contributed by atoms with Crippen molar-refractivity contribution in [3.05, 3.63) is 35.9 Å². The van der Waals surface area contributed by atoms with Crippen LogP contribution in [0.15, 0.2) is 30.3 Å². The Bertz CT molecular complexity index is 619. The Morgan fingerprint density at radius 1 is 1.23 bits per heavy atom. The first-order valence-corrected chi connectivity index (χ1v) is 8.80. The largest absolute Gasteiger partial charge is 0.282 e. The number of piperazine rings is 1. The number of nitrogens with zero attached hydrogens (tertiary/aromatic N) is 4. The molecule has 2 rings (SSSR count). The van der Waals surface area contributed by atoms with E-state index in [4.69, 9.17) is 0 Å². The van der Waals surface area contributed by atoms with Crippen molar-refractivity contribution in [1.29, 1.82) is 5.26 Å². The summed E-state index contributed by atoms with van der Waals surface area (Å²) in [6, 6.07) is 11.6. The quantitative estimate of drug-likeness (QED) is 0.813. The van der Waals surface area contributed by atoms with Crippen LogP contribution in [-0.2, 0) is 10.2 Å². The summed E-state index contributed by atoms with van der Waals surface area (Å²) >= 11 is 0. The molecule has 0 saturated carbocycles. The SMILES string of the molecule is CCN(C)S(=O)(=O)N1CCN([C@@H](C#N)c2ccccc2)CC1. The lowest BCUT2D eigenvalue weighted by molar-refractivity contribution is 0.158. The smallest absolute Gasteiger partial charge is 0.281 e. The molecule has 6 nitrogen and oxygen atoms in total. The van der Waals surface area contributed by atoms with Gasteiger partial charge in [-0.15, -0.1) is 0 Å². The maximum atomic E-state index is 12.3. The van der Waals surface area contributed by atoms with Crippen LogP contribution in [0.4, 0.5) is 0 Å². The zero-order valence-electron chi connectivity index (χ0n) is 13.0. The maximum absolute atomic E-state index is 12.3. The molecule has 0 radical (unpaired) electrons. The normalized spacial score (nSPS) is 19.0. The van der Waals surface area contributed by atoms with Crippen LogP contribution in [0.2, 0.25) is 0 Å². The third-order valence-corrected chi connectivity index (χ3v) is 6.11. The van der Waals surface area contributed by atoms with E-state index in [2.05, 4.69) is 6.07 Å². The van der Waals surface area contributed by atoms with Crippen molar-refractivity contribution in [2.45, 2.75) is 13.0 Å². The van der Waals surface area contributed by atoms with Crippen molar-refractivity contribution in [2.75, 3.05) is 39.8 Å². The molecule has 1 aromatic rings. The van der Waals surface area contributed by atoms with Crippen LogP contribution in [0.3, 0.4) is 0 Å². The number of hydrogen-bond donors (Lipinski definition) is 0. The zero-order chi connectivity index (χ0) is 16.2. The van der Waals surface area contributed by atoms with Crippen LogP contribution in [0.25, 0.3) is 0 Å². The van der Waals surface area contributed by atoms with Gasteiger partial charge in [0.05, 0.1) is 6.07 Å². The van der Waals surface area contributed by atoms with Gasteiger partial charge in [0.15, 0.2) is 0 Å². The summed E-state index contributed by atoms with van der Waals surface area (Å²) in [5, 5.41) is 9.45. The van der Waals surface area contributed by atoms with Crippen molar-refractivity contribution in [2.24, 2.45) is 0 Å². The summed E-state index contributed by atoms with van der Waals surface area (Å²) in [5.74, 6) is 0. The second-order valence-electron chi connectivity index (χ2n) is 5.30. The molecule has 0 amide bonds. The molecule has 0 aromatic heterocycles. The van der Waals surface area contributed by atoms with Gasteiger partial charge in [-0.25, -0.2) is 0 Å². The lowest BCUT2D eigenvalue weighted by atomic mass is 10.1. The van der Waals surface area contributed by atoms with Gasteiger partial charge < -0.3 is 0 Å². The molecular weight excluding hydrogens is 300 g/mol. The van der Waals surface area contributed by atoms with E-state index >= 15 is 0 Å². The number of nitriles is 1. The van der Waals surface area contributed by atoms with E-state index in [9.17, 15) is 13.7 Å². The monoisotopic (exact) mass is 322 g/mol. The molecule has 120 valence electrons. The summed E-state index contributed by atoms with van der Waals surface area (Å²) in [7, 11) is -1.79. The topological polar surface area (TPSA) is 67.7 Å². The Labute approximate surface area is 132 Å². The highest BCUT2D eigenvalue weighted by Gasteiger charge is 2.32. The van der Waals surface area contributed by atoms with Crippen LogP contribution >= 0.6 is 0 Å². The Morgan fingerprint density at radius 2 is 1.82 bits per heavy atom. The second-order valence-corrected chi connectivity index (χ2v) is 7.33. The highest BCUT2D eigenvalue weighted by Crippen LogP contribution is 2.22. The van der Waals surface area contributed by atoms with Gasteiger partial charge in [-0.1, -0.05) is 37.3 Å². The van der Waals surface area contributed by atoms with Crippen LogP contribution < -0.4 is 0 Å². The predicted molar refractivity (Wildman–Crippen MR) is 85.2 cm³/mol. The van der Waals surface area contributed by atoms with Crippen molar-refractivity contribution in [1.82, 2.24) is 13.5 Å². The molecule has 7 heteroatoms. The van der Waals surface area contributed by atoms with E-state index < -0.39 is 10.2 Å². The van der Waals surface area contributed by atoms with Gasteiger partial charge >= 0.3 is 0 Å². The minimum Gasteiger partial charge on any atom is -0.282 e. The van der Waals surface area contributed by atoms with Gasteiger partial charge in [0.25, 0.3) is 10.2 Å². The molecule has 0 aliphatic carbocycles. The van der Waals surface area contributed by atoms with Crippen molar-refractivity contribution >= 4 is 10.2 Å². The van der Waals surface area contributed by atoms with E-state index in [1.165, 1.54) is 8.61 Å². The Hall–Kier alpha value is -1.46. The molecule has 1 atom stereocenters. The second kappa shape index (κ2) is 7.20. The van der Waals surface area contributed by atoms with Crippen molar-refractivity contribution in [3.63, 3.8) is 0 Å². The van der Waals surface area contributed by atoms with Crippen LogP contribution in [0.5, 0.6) is 0 Å². The number of rotatable bonds is 5. The first-order chi connectivity index (χ1) is 10.5. The van der Waals surface area contributed by atoms with E-state index in [1.807, 2.05) is 42.2 Å². The average Bonchev–Trinajstić information content (AvgIpc) is 2.56. The minimum absolute atomic E-state index is 0.324. The van der Waals surface area contributed by atoms with Gasteiger partial charge in [-0.2, -0.15) is 22.3 Å². The van der Waals surface area contributed by atoms with E-state index in [-0.39, 0.29) is 6.04 Å². The minimum atomic E-state index is -3.38. The Balaban J connectivity index is 2.05. The van der Waals surface area contributed by atoms with Crippen LogP contribution in [0, 0.1) is 11.3 Å². The fourth-order valence-electron chi connectivity index (χ4n) is 2.56. The van der Waals surface area contributed by atoms with Gasteiger partial charge in [0.2, 0.25) is 0 Å². The third-order valence-electron chi connectivity index (χ3n) is 4.04. The van der Waals surface area contributed by atoms with Crippen LogP contribution in [0.1, 0.15) is 18.5 Å². The van der Waals surface area contributed by atoms with Gasteiger partial charge in [0.1, 0.15) is 6.04 Å². The Morgan fingerprint density at radius 3 is 2.32 bits per heavy atom.